The summed E-state index contributed by atoms with van der Waals surface area (Å²) in [5.41, 5.74) is 3.26. The van der Waals surface area contributed by atoms with E-state index < -0.39 is 0 Å². The van der Waals surface area contributed by atoms with Crippen LogP contribution in [0.3, 0.4) is 0 Å². The van der Waals surface area contributed by atoms with Gasteiger partial charge in [0.2, 0.25) is 5.91 Å². The van der Waals surface area contributed by atoms with E-state index in [4.69, 9.17) is 0 Å². The van der Waals surface area contributed by atoms with Crippen LogP contribution in [0.25, 0.3) is 0 Å². The van der Waals surface area contributed by atoms with E-state index in [0.717, 1.165) is 31.5 Å². The molecule has 136 valence electrons. The summed E-state index contributed by atoms with van der Waals surface area (Å²) in [6, 6.07) is 10.1. The monoisotopic (exact) mass is 369 g/mol. The summed E-state index contributed by atoms with van der Waals surface area (Å²) in [6.07, 6.45) is 2.09. The van der Waals surface area contributed by atoms with Crippen molar-refractivity contribution in [2.24, 2.45) is 5.92 Å². The summed E-state index contributed by atoms with van der Waals surface area (Å²) < 4.78 is 0. The Kier molecular flexibility index (Phi) is 4.76. The Hall–Kier alpha value is -2.21. The van der Waals surface area contributed by atoms with E-state index in [1.165, 1.54) is 11.3 Å². The maximum absolute atomic E-state index is 13.2. The lowest BCUT2D eigenvalue weighted by atomic mass is 9.90. The first kappa shape index (κ1) is 17.2. The van der Waals surface area contributed by atoms with Gasteiger partial charge in [0.1, 0.15) is 5.69 Å². The summed E-state index contributed by atoms with van der Waals surface area (Å²) in [5, 5.41) is 1.80. The Morgan fingerprint density at radius 3 is 2.77 bits per heavy atom. The van der Waals surface area contributed by atoms with Crippen molar-refractivity contribution in [1.82, 2.24) is 14.8 Å². The fraction of sp³-hybridized carbons (Fsp3) is 0.450. The van der Waals surface area contributed by atoms with Crippen molar-refractivity contribution in [2.75, 3.05) is 19.6 Å². The van der Waals surface area contributed by atoms with Gasteiger partial charge in [-0.1, -0.05) is 30.3 Å². The number of likely N-dealkylation sites (tertiary alicyclic amines) is 2. The highest BCUT2D eigenvalue weighted by molar-refractivity contribution is 7.07. The van der Waals surface area contributed by atoms with Gasteiger partial charge in [0.25, 0.3) is 5.91 Å². The van der Waals surface area contributed by atoms with E-state index in [9.17, 15) is 9.59 Å². The molecule has 1 aromatic carbocycles. The van der Waals surface area contributed by atoms with Crippen molar-refractivity contribution < 1.29 is 9.59 Å². The average Bonchev–Trinajstić information content (AvgIpc) is 3.36. The second-order valence-corrected chi connectivity index (χ2v) is 7.94. The van der Waals surface area contributed by atoms with E-state index in [1.54, 1.807) is 10.9 Å². The topological polar surface area (TPSA) is 53.5 Å². The van der Waals surface area contributed by atoms with Gasteiger partial charge in [-0.05, 0) is 31.2 Å². The fourth-order valence-electron chi connectivity index (χ4n) is 4.23. The van der Waals surface area contributed by atoms with Crippen molar-refractivity contribution in [3.05, 3.63) is 52.5 Å². The molecule has 0 saturated carbocycles. The molecule has 2 aliphatic rings. The molecule has 6 heteroatoms. The summed E-state index contributed by atoms with van der Waals surface area (Å²) in [6.45, 7) is 4.11. The van der Waals surface area contributed by atoms with Crippen molar-refractivity contribution in [1.29, 1.82) is 0 Å². The Morgan fingerprint density at radius 1 is 1.23 bits per heavy atom. The van der Waals surface area contributed by atoms with Gasteiger partial charge in [0, 0.05) is 25.0 Å². The van der Waals surface area contributed by atoms with Crippen LogP contribution < -0.4 is 0 Å². The lowest BCUT2D eigenvalue weighted by Crippen LogP contribution is -2.49. The van der Waals surface area contributed by atoms with Crippen LogP contribution >= 0.6 is 11.3 Å². The molecule has 2 amide bonds. The highest BCUT2D eigenvalue weighted by Crippen LogP contribution is 2.33. The maximum atomic E-state index is 13.2. The first-order valence-electron chi connectivity index (χ1n) is 9.18. The van der Waals surface area contributed by atoms with Crippen LogP contribution in [-0.2, 0) is 4.79 Å². The largest absolute Gasteiger partial charge is 0.337 e. The first-order valence-corrected chi connectivity index (χ1v) is 10.1. The van der Waals surface area contributed by atoms with Crippen LogP contribution in [0.1, 0.15) is 41.7 Å². The lowest BCUT2D eigenvalue weighted by Gasteiger charge is -2.38. The minimum Gasteiger partial charge on any atom is -0.337 e. The van der Waals surface area contributed by atoms with Gasteiger partial charge in [0.15, 0.2) is 0 Å². The molecule has 5 nitrogen and oxygen atoms in total. The van der Waals surface area contributed by atoms with Crippen molar-refractivity contribution in [2.45, 2.75) is 31.7 Å². The molecule has 0 spiro atoms. The zero-order valence-corrected chi connectivity index (χ0v) is 15.7. The number of rotatable bonds is 3. The molecule has 0 N–H and O–H groups in total. The third-order valence-corrected chi connectivity index (χ3v) is 6.26. The van der Waals surface area contributed by atoms with Crippen LogP contribution in [0, 0.1) is 5.92 Å². The van der Waals surface area contributed by atoms with Crippen LogP contribution in [0.15, 0.2) is 41.2 Å². The van der Waals surface area contributed by atoms with E-state index in [0.29, 0.717) is 18.2 Å². The lowest BCUT2D eigenvalue weighted by molar-refractivity contribution is -0.136. The minimum absolute atomic E-state index is 0.0100. The van der Waals surface area contributed by atoms with Gasteiger partial charge < -0.3 is 9.80 Å². The molecule has 2 aliphatic heterocycles. The highest BCUT2D eigenvalue weighted by atomic mass is 32.1. The summed E-state index contributed by atoms with van der Waals surface area (Å²) >= 11 is 1.44. The van der Waals surface area contributed by atoms with Crippen LogP contribution in [-0.4, -0.2) is 52.3 Å². The first-order chi connectivity index (χ1) is 12.6. The Labute approximate surface area is 157 Å². The number of thiazole rings is 1. The van der Waals surface area contributed by atoms with Crippen LogP contribution in [0.4, 0.5) is 0 Å². The smallest absolute Gasteiger partial charge is 0.273 e. The number of hydrogen-bond donors (Lipinski definition) is 0. The summed E-state index contributed by atoms with van der Waals surface area (Å²) in [5.74, 6) is 0.384. The van der Waals surface area contributed by atoms with Crippen molar-refractivity contribution >= 4 is 23.2 Å². The van der Waals surface area contributed by atoms with Gasteiger partial charge in [-0.25, -0.2) is 4.98 Å². The van der Waals surface area contributed by atoms with Gasteiger partial charge in [0.05, 0.1) is 17.5 Å². The molecule has 2 saturated heterocycles. The van der Waals surface area contributed by atoms with Gasteiger partial charge in [-0.2, -0.15) is 0 Å². The molecule has 1 unspecified atom stereocenters. The molecule has 4 rings (SSSR count). The third-order valence-electron chi connectivity index (χ3n) is 5.67. The predicted molar refractivity (Wildman–Crippen MR) is 101 cm³/mol. The van der Waals surface area contributed by atoms with E-state index >= 15 is 0 Å². The number of amides is 2. The van der Waals surface area contributed by atoms with Gasteiger partial charge in [-0.15, -0.1) is 11.3 Å². The maximum Gasteiger partial charge on any atom is 0.273 e. The normalized spacial score (nSPS) is 23.6. The number of carbonyl (C=O) groups is 2. The SMILES string of the molecule is CC(C(=O)N1CCC[C@H]2CN(C(=O)c3cscn3)C[C@H]21)c1ccccc1. The molecule has 0 bridgehead atoms. The third kappa shape index (κ3) is 3.14. The Bertz CT molecular complexity index is 778. The van der Waals surface area contributed by atoms with Gasteiger partial charge >= 0.3 is 0 Å². The summed E-state index contributed by atoms with van der Waals surface area (Å²) in [4.78, 5) is 33.9. The van der Waals surface area contributed by atoms with Crippen LogP contribution in [0.2, 0.25) is 0 Å². The molecule has 1 aromatic heterocycles. The minimum atomic E-state index is -0.154. The molecule has 26 heavy (non-hydrogen) atoms. The molecule has 3 heterocycles. The second-order valence-electron chi connectivity index (χ2n) is 7.22. The second kappa shape index (κ2) is 7.19. The molecule has 2 fully saturated rings. The number of benzene rings is 1. The van der Waals surface area contributed by atoms with Crippen LogP contribution in [0.5, 0.6) is 0 Å². The molecule has 3 atom stereocenters. The van der Waals surface area contributed by atoms with E-state index in [-0.39, 0.29) is 23.8 Å². The number of aromatic nitrogens is 1. The van der Waals surface area contributed by atoms with Crippen molar-refractivity contribution in [3.63, 3.8) is 0 Å². The molecular formula is C20H23N3O2S. The highest BCUT2D eigenvalue weighted by Gasteiger charge is 2.43. The molecule has 2 aromatic rings. The van der Waals surface area contributed by atoms with E-state index in [1.807, 2.05) is 47.1 Å². The Morgan fingerprint density at radius 2 is 2.04 bits per heavy atom. The number of carbonyl (C=O) groups excluding carboxylic acids is 2. The van der Waals surface area contributed by atoms with Gasteiger partial charge in [-0.3, -0.25) is 9.59 Å². The predicted octanol–water partition coefficient (Wildman–Crippen LogP) is 3.01. The molecular weight excluding hydrogens is 346 g/mol. The Balaban J connectivity index is 1.50. The van der Waals surface area contributed by atoms with Crippen molar-refractivity contribution in [3.8, 4) is 0 Å². The molecule has 0 aliphatic carbocycles. The number of piperidine rings is 1. The number of hydrogen-bond acceptors (Lipinski definition) is 4. The quantitative estimate of drug-likeness (QED) is 0.836. The zero-order chi connectivity index (χ0) is 18.1. The average molecular weight is 369 g/mol. The standard InChI is InChI=1S/C20H23N3O2S/c1-14(15-6-3-2-4-7-15)19(24)23-9-5-8-16-10-22(11-18(16)23)20(25)17-12-26-13-21-17/h2-4,6-7,12-14,16,18H,5,8-11H2,1H3/t14?,16-,18+/m0/s1. The molecule has 0 radical (unpaired) electrons. The van der Waals surface area contributed by atoms with E-state index in [2.05, 4.69) is 4.98 Å². The number of fused-ring (bicyclic) bond motifs is 1. The zero-order valence-electron chi connectivity index (χ0n) is 14.9. The summed E-state index contributed by atoms with van der Waals surface area (Å²) in [7, 11) is 0. The fourth-order valence-corrected chi connectivity index (χ4v) is 4.76. The number of nitrogens with zero attached hydrogens (tertiary/aromatic N) is 3.